The number of carbonyl (C=O) groups excluding carboxylic acids is 2. The molecule has 6 bridgehead atoms. The zero-order chi connectivity index (χ0) is 26.5. The molecule has 1 N–H and O–H groups in total. The number of piperidine rings is 2. The second-order valence-electron chi connectivity index (χ2n) is 13.9. The lowest BCUT2D eigenvalue weighted by Gasteiger charge is -2.59. The van der Waals surface area contributed by atoms with Crippen LogP contribution in [0.1, 0.15) is 76.1 Å². The quantitative estimate of drug-likeness (QED) is 0.596. The smallest absolute Gasteiger partial charge is 0.264 e. The fourth-order valence-corrected chi connectivity index (χ4v) is 10.1. The van der Waals surface area contributed by atoms with Crippen LogP contribution < -0.4 is 15.8 Å². The monoisotopic (exact) mass is 529 g/mol. The first-order valence-electron chi connectivity index (χ1n) is 15.2. The molecule has 8 fully saturated rings. The van der Waals surface area contributed by atoms with Crippen LogP contribution in [0.15, 0.2) is 23.0 Å². The largest absolute Gasteiger partial charge is 0.362 e. The lowest BCUT2D eigenvalue weighted by Crippen LogP contribution is -2.69. The molecule has 8 heteroatoms. The summed E-state index contributed by atoms with van der Waals surface area (Å²) in [6, 6.07) is 6.08. The van der Waals surface area contributed by atoms with Crippen LogP contribution in [0, 0.1) is 30.1 Å². The van der Waals surface area contributed by atoms with Crippen molar-refractivity contribution in [2.24, 2.45) is 23.2 Å². The number of fused-ring (bicyclic) bond motifs is 3. The Bertz CT molecular complexity index is 1380. The van der Waals surface area contributed by atoms with E-state index in [0.717, 1.165) is 36.5 Å². The highest BCUT2D eigenvalue weighted by molar-refractivity contribution is 6.00. The fourth-order valence-electron chi connectivity index (χ4n) is 10.1. The summed E-state index contributed by atoms with van der Waals surface area (Å²) in [5.74, 6) is 2.85. The zero-order valence-electron chi connectivity index (χ0n) is 22.9. The number of anilines is 1. The number of rotatable bonds is 5. The van der Waals surface area contributed by atoms with Crippen LogP contribution in [0.4, 0.5) is 5.69 Å². The van der Waals surface area contributed by atoms with Gasteiger partial charge in [0.05, 0.1) is 16.6 Å². The van der Waals surface area contributed by atoms with E-state index in [4.69, 9.17) is 4.98 Å². The predicted molar refractivity (Wildman–Crippen MR) is 148 cm³/mol. The van der Waals surface area contributed by atoms with E-state index < -0.39 is 11.9 Å². The number of nitrogens with zero attached hydrogens (tertiary/aromatic N) is 4. The van der Waals surface area contributed by atoms with Crippen molar-refractivity contribution >= 4 is 28.4 Å². The third-order valence-corrected chi connectivity index (χ3v) is 11.3. The van der Waals surface area contributed by atoms with Gasteiger partial charge < -0.3 is 4.90 Å². The van der Waals surface area contributed by atoms with Crippen molar-refractivity contribution in [1.82, 2.24) is 19.8 Å². The molecule has 2 amide bonds. The van der Waals surface area contributed by atoms with Gasteiger partial charge in [0.2, 0.25) is 11.8 Å². The normalized spacial score (nSPS) is 37.3. The molecule has 3 atom stereocenters. The van der Waals surface area contributed by atoms with E-state index in [1.807, 2.05) is 12.1 Å². The van der Waals surface area contributed by atoms with Gasteiger partial charge in [0.25, 0.3) is 5.56 Å². The van der Waals surface area contributed by atoms with E-state index in [1.54, 1.807) is 6.92 Å². The van der Waals surface area contributed by atoms with E-state index in [2.05, 4.69) is 21.2 Å². The first kappa shape index (κ1) is 24.1. The van der Waals surface area contributed by atoms with E-state index in [-0.39, 0.29) is 17.9 Å². The molecule has 1 aromatic carbocycles. The summed E-state index contributed by atoms with van der Waals surface area (Å²) in [5.41, 5.74) is 2.08. The van der Waals surface area contributed by atoms with Crippen molar-refractivity contribution in [2.75, 3.05) is 24.5 Å². The molecule has 10 rings (SSSR count). The molecule has 4 aliphatic heterocycles. The molecule has 0 spiro atoms. The second kappa shape index (κ2) is 8.63. The fraction of sp³-hybridized carbons (Fsp3) is 0.677. The van der Waals surface area contributed by atoms with Crippen molar-refractivity contribution in [1.29, 1.82) is 0 Å². The van der Waals surface area contributed by atoms with E-state index in [9.17, 15) is 14.4 Å². The Balaban J connectivity index is 1.03. The molecule has 8 nitrogen and oxygen atoms in total. The molecular weight excluding hydrogens is 490 g/mol. The maximum atomic E-state index is 14.0. The van der Waals surface area contributed by atoms with Gasteiger partial charge in [0.1, 0.15) is 11.9 Å². The molecular formula is C31H39N5O3. The third kappa shape index (κ3) is 3.80. The predicted octanol–water partition coefficient (Wildman–Crippen LogP) is 3.55. The highest BCUT2D eigenvalue weighted by atomic mass is 16.2. The molecule has 8 aliphatic rings. The topological polar surface area (TPSA) is 87.5 Å². The van der Waals surface area contributed by atoms with Crippen molar-refractivity contribution in [2.45, 2.75) is 89.3 Å². The van der Waals surface area contributed by atoms with Gasteiger partial charge in [-0.05, 0) is 107 Å². The first-order valence-corrected chi connectivity index (χ1v) is 15.2. The Labute approximate surface area is 229 Å². The summed E-state index contributed by atoms with van der Waals surface area (Å²) in [6.07, 6.45) is 12.1. The number of amides is 2. The van der Waals surface area contributed by atoms with Crippen LogP contribution in [0.2, 0.25) is 0 Å². The summed E-state index contributed by atoms with van der Waals surface area (Å²) < 4.78 is 1.51. The zero-order valence-corrected chi connectivity index (χ0v) is 22.9. The lowest BCUT2D eigenvalue weighted by atomic mass is 9.49. The second-order valence-corrected chi connectivity index (χ2v) is 13.9. The van der Waals surface area contributed by atoms with E-state index >= 15 is 0 Å². The van der Waals surface area contributed by atoms with Crippen molar-refractivity contribution in [3.63, 3.8) is 0 Å². The van der Waals surface area contributed by atoms with Crippen LogP contribution in [0.5, 0.6) is 0 Å². The van der Waals surface area contributed by atoms with Gasteiger partial charge in [-0.1, -0.05) is 6.07 Å². The van der Waals surface area contributed by atoms with Crippen LogP contribution >= 0.6 is 0 Å². The van der Waals surface area contributed by atoms with Crippen LogP contribution in [-0.2, 0) is 9.59 Å². The van der Waals surface area contributed by atoms with Gasteiger partial charge in [-0.25, -0.2) is 4.98 Å². The first-order chi connectivity index (χ1) is 18.9. The van der Waals surface area contributed by atoms with Crippen molar-refractivity contribution in [3.8, 4) is 0 Å². The molecule has 39 heavy (non-hydrogen) atoms. The van der Waals surface area contributed by atoms with Gasteiger partial charge in [-0.15, -0.1) is 0 Å². The van der Waals surface area contributed by atoms with Gasteiger partial charge in [0.15, 0.2) is 0 Å². The SMILES string of the molecule is Cc1nc2cccc(N3C4CC3CN(CCC35CC6CC(CC(C6)C3)C5)C4)c2c(=O)n1C1CCC(=O)NC1=O. The molecule has 0 radical (unpaired) electrons. The van der Waals surface area contributed by atoms with Crippen LogP contribution in [0.25, 0.3) is 10.9 Å². The summed E-state index contributed by atoms with van der Waals surface area (Å²) in [6.45, 7) is 5.10. The molecule has 4 aliphatic carbocycles. The highest BCUT2D eigenvalue weighted by Gasteiger charge is 2.51. The Morgan fingerprint density at radius 1 is 0.974 bits per heavy atom. The number of piperazine rings is 1. The summed E-state index contributed by atoms with van der Waals surface area (Å²) >= 11 is 0. The number of imide groups is 1. The van der Waals surface area contributed by atoms with Gasteiger partial charge in [-0.2, -0.15) is 0 Å². The highest BCUT2D eigenvalue weighted by Crippen LogP contribution is 2.61. The third-order valence-electron chi connectivity index (χ3n) is 11.3. The van der Waals surface area contributed by atoms with Crippen molar-refractivity contribution < 1.29 is 9.59 Å². The average Bonchev–Trinajstić information content (AvgIpc) is 2.88. The Kier molecular flexibility index (Phi) is 5.33. The Morgan fingerprint density at radius 2 is 1.67 bits per heavy atom. The molecule has 206 valence electrons. The lowest BCUT2D eigenvalue weighted by molar-refractivity contribution is -0.135. The molecule has 3 unspecified atom stereocenters. The minimum Gasteiger partial charge on any atom is -0.362 e. The van der Waals surface area contributed by atoms with Crippen LogP contribution in [0.3, 0.4) is 0 Å². The van der Waals surface area contributed by atoms with E-state index in [1.165, 1.54) is 62.5 Å². The number of carbonyl (C=O) groups is 2. The molecule has 5 heterocycles. The maximum absolute atomic E-state index is 14.0. The number of aryl methyl sites for hydroxylation is 1. The van der Waals surface area contributed by atoms with Gasteiger partial charge in [-0.3, -0.25) is 29.2 Å². The van der Waals surface area contributed by atoms with Gasteiger partial charge in [0, 0.05) is 31.6 Å². The number of hydrogen-bond acceptors (Lipinski definition) is 6. The summed E-state index contributed by atoms with van der Waals surface area (Å²) in [4.78, 5) is 48.2. The number of nitrogens with one attached hydrogen (secondary N) is 1. The molecule has 4 saturated heterocycles. The standard InChI is InChI=1S/C31H39N5O3/c1-18-32-24-3-2-4-25(28(24)30(39)35(18)26-5-6-27(37)33-29(26)38)36-22-12-23(36)17-34(16-22)8-7-31-13-19-9-20(14-31)11-21(10-19)15-31/h2-4,19-23,26H,5-17H2,1H3,(H,33,37,38). The summed E-state index contributed by atoms with van der Waals surface area (Å²) in [7, 11) is 0. The average molecular weight is 530 g/mol. The summed E-state index contributed by atoms with van der Waals surface area (Å²) in [5, 5.41) is 3.00. The molecule has 4 saturated carbocycles. The minimum atomic E-state index is -0.698. The van der Waals surface area contributed by atoms with Gasteiger partial charge >= 0.3 is 0 Å². The Morgan fingerprint density at radius 3 is 2.33 bits per heavy atom. The Hall–Kier alpha value is -2.74. The van der Waals surface area contributed by atoms with E-state index in [0.29, 0.717) is 40.6 Å². The number of benzene rings is 1. The number of aromatic nitrogens is 2. The molecule has 1 aromatic heterocycles. The van der Waals surface area contributed by atoms with Crippen LogP contribution in [-0.4, -0.2) is 58.0 Å². The van der Waals surface area contributed by atoms with Crippen molar-refractivity contribution in [3.05, 3.63) is 34.4 Å². The molecule has 2 aromatic rings. The number of hydrogen-bond donors (Lipinski definition) is 1. The maximum Gasteiger partial charge on any atom is 0.264 e. The minimum absolute atomic E-state index is 0.175.